The molecule has 2 unspecified atom stereocenters. The maximum absolute atomic E-state index is 12.3. The first kappa shape index (κ1) is 8.87. The Hall–Kier alpha value is -0.220. The van der Waals surface area contributed by atoms with E-state index in [9.17, 15) is 8.78 Å². The van der Waals surface area contributed by atoms with Crippen LogP contribution in [0.3, 0.4) is 0 Å². The molecule has 1 N–H and O–H groups in total. The molecule has 0 aromatic rings. The number of alkyl halides is 2. The van der Waals surface area contributed by atoms with E-state index in [0.29, 0.717) is 6.54 Å². The molecule has 2 atom stereocenters. The molecule has 1 saturated heterocycles. The highest BCUT2D eigenvalue weighted by molar-refractivity contribution is 4.86. The van der Waals surface area contributed by atoms with Crippen LogP contribution in [0.2, 0.25) is 0 Å². The highest BCUT2D eigenvalue weighted by Crippen LogP contribution is 2.23. The number of halogens is 2. The summed E-state index contributed by atoms with van der Waals surface area (Å²) in [6, 6.07) is 0. The van der Waals surface area contributed by atoms with Crippen molar-refractivity contribution >= 4 is 0 Å². The summed E-state index contributed by atoms with van der Waals surface area (Å²) in [6.07, 6.45) is -2.54. The van der Waals surface area contributed by atoms with Crippen LogP contribution in [0.4, 0.5) is 8.78 Å². The summed E-state index contributed by atoms with van der Waals surface area (Å²) >= 11 is 0. The summed E-state index contributed by atoms with van der Waals surface area (Å²) in [5.74, 6) is 0. The van der Waals surface area contributed by atoms with Crippen molar-refractivity contribution in [3.63, 3.8) is 0 Å². The molecule has 0 spiro atoms. The summed E-state index contributed by atoms with van der Waals surface area (Å²) in [4.78, 5) is 0. The number of hydrogen-bond donors (Lipinski definition) is 1. The van der Waals surface area contributed by atoms with E-state index in [-0.39, 0.29) is 12.6 Å². The average molecular weight is 165 g/mol. The number of hydrogen-bond acceptors (Lipinski definition) is 2. The first-order valence-electron chi connectivity index (χ1n) is 3.71. The third kappa shape index (κ3) is 1.87. The normalized spacial score (nSPS) is 39.5. The molecular formula is C7H13F2NO. The Morgan fingerprint density at radius 2 is 2.27 bits per heavy atom. The number of nitrogens with one attached hydrogen (secondary N) is 1. The Morgan fingerprint density at radius 3 is 2.64 bits per heavy atom. The first-order chi connectivity index (χ1) is 5.04. The quantitative estimate of drug-likeness (QED) is 0.626. The van der Waals surface area contributed by atoms with E-state index >= 15 is 0 Å². The summed E-state index contributed by atoms with van der Waals surface area (Å²) in [5, 5.41) is 2.90. The van der Waals surface area contributed by atoms with Crippen LogP contribution in [0, 0.1) is 0 Å². The second-order valence-corrected chi connectivity index (χ2v) is 3.17. The van der Waals surface area contributed by atoms with Crippen LogP contribution in [0.15, 0.2) is 0 Å². The van der Waals surface area contributed by atoms with Crippen molar-refractivity contribution in [2.75, 3.05) is 13.1 Å². The fraction of sp³-hybridized carbons (Fsp3) is 1.00. The van der Waals surface area contributed by atoms with Crippen molar-refractivity contribution in [1.82, 2.24) is 5.32 Å². The zero-order valence-electron chi connectivity index (χ0n) is 6.73. The highest BCUT2D eigenvalue weighted by Gasteiger charge is 2.39. The van der Waals surface area contributed by atoms with Gasteiger partial charge in [0.05, 0.1) is 6.10 Å². The average Bonchev–Trinajstić information content (AvgIpc) is 1.86. The van der Waals surface area contributed by atoms with Crippen LogP contribution in [0.25, 0.3) is 0 Å². The van der Waals surface area contributed by atoms with Crippen molar-refractivity contribution in [2.45, 2.75) is 32.0 Å². The third-order valence-electron chi connectivity index (χ3n) is 1.84. The molecular weight excluding hydrogens is 152 g/mol. The lowest BCUT2D eigenvalue weighted by Gasteiger charge is -2.37. The smallest absolute Gasteiger partial charge is 0.268 e. The summed E-state index contributed by atoms with van der Waals surface area (Å²) in [5.41, 5.74) is -1.29. The van der Waals surface area contributed by atoms with Crippen molar-refractivity contribution < 1.29 is 13.5 Å². The van der Waals surface area contributed by atoms with Crippen molar-refractivity contribution in [2.24, 2.45) is 0 Å². The van der Waals surface area contributed by atoms with Crippen LogP contribution in [-0.2, 0) is 4.74 Å². The Labute approximate surface area is 64.9 Å². The van der Waals surface area contributed by atoms with Gasteiger partial charge in [0.25, 0.3) is 6.43 Å². The predicted octanol–water partition coefficient (Wildman–Crippen LogP) is 1.02. The zero-order chi connectivity index (χ0) is 8.48. The molecule has 4 heteroatoms. The molecule has 11 heavy (non-hydrogen) atoms. The van der Waals surface area contributed by atoms with Gasteiger partial charge in [-0.1, -0.05) is 0 Å². The van der Waals surface area contributed by atoms with Gasteiger partial charge in [0.15, 0.2) is 0 Å². The van der Waals surface area contributed by atoms with Crippen LogP contribution in [0.1, 0.15) is 13.8 Å². The molecule has 0 bridgehead atoms. The lowest BCUT2D eigenvalue weighted by Crippen LogP contribution is -2.55. The molecule has 1 aliphatic rings. The molecule has 1 fully saturated rings. The molecule has 0 amide bonds. The second-order valence-electron chi connectivity index (χ2n) is 3.17. The van der Waals surface area contributed by atoms with Gasteiger partial charge in [-0.25, -0.2) is 8.78 Å². The summed E-state index contributed by atoms with van der Waals surface area (Å²) in [6.45, 7) is 4.10. The SMILES string of the molecule is CC1CNCC(C)(C(F)F)O1. The zero-order valence-corrected chi connectivity index (χ0v) is 6.73. The topological polar surface area (TPSA) is 21.3 Å². The van der Waals surface area contributed by atoms with Crippen LogP contribution < -0.4 is 5.32 Å². The van der Waals surface area contributed by atoms with E-state index in [1.807, 2.05) is 0 Å². The molecule has 0 aliphatic carbocycles. The van der Waals surface area contributed by atoms with Gasteiger partial charge in [0, 0.05) is 13.1 Å². The van der Waals surface area contributed by atoms with Gasteiger partial charge in [0.2, 0.25) is 0 Å². The van der Waals surface area contributed by atoms with Crippen LogP contribution >= 0.6 is 0 Å². The lowest BCUT2D eigenvalue weighted by molar-refractivity contribution is -0.169. The monoisotopic (exact) mass is 165 g/mol. The fourth-order valence-corrected chi connectivity index (χ4v) is 1.20. The maximum atomic E-state index is 12.3. The van der Waals surface area contributed by atoms with Crippen molar-refractivity contribution in [3.8, 4) is 0 Å². The van der Waals surface area contributed by atoms with Gasteiger partial charge < -0.3 is 10.1 Å². The van der Waals surface area contributed by atoms with Crippen LogP contribution in [-0.4, -0.2) is 31.2 Å². The number of rotatable bonds is 1. The predicted molar refractivity (Wildman–Crippen MR) is 37.8 cm³/mol. The van der Waals surface area contributed by atoms with Gasteiger partial charge in [-0.05, 0) is 13.8 Å². The minimum Gasteiger partial charge on any atom is -0.364 e. The molecule has 1 heterocycles. The minimum atomic E-state index is -2.42. The Morgan fingerprint density at radius 1 is 1.64 bits per heavy atom. The molecule has 2 nitrogen and oxygen atoms in total. The molecule has 0 aromatic carbocycles. The second kappa shape index (κ2) is 3.03. The molecule has 1 aliphatic heterocycles. The molecule has 66 valence electrons. The Balaban J connectivity index is 2.55. The van der Waals surface area contributed by atoms with Gasteiger partial charge in [0.1, 0.15) is 5.60 Å². The Bertz CT molecular complexity index is 142. The van der Waals surface area contributed by atoms with Gasteiger partial charge in [-0.3, -0.25) is 0 Å². The lowest BCUT2D eigenvalue weighted by atomic mass is 10.1. The molecule has 0 saturated carbocycles. The molecule has 1 rings (SSSR count). The van der Waals surface area contributed by atoms with Gasteiger partial charge in [-0.2, -0.15) is 0 Å². The highest BCUT2D eigenvalue weighted by atomic mass is 19.3. The Kier molecular flexibility index (Phi) is 2.44. The van der Waals surface area contributed by atoms with E-state index in [2.05, 4.69) is 5.32 Å². The molecule has 0 aromatic heterocycles. The first-order valence-corrected chi connectivity index (χ1v) is 3.71. The minimum absolute atomic E-state index is 0.122. The van der Waals surface area contributed by atoms with E-state index in [1.54, 1.807) is 6.92 Å². The van der Waals surface area contributed by atoms with Crippen LogP contribution in [0.5, 0.6) is 0 Å². The standard InChI is InChI=1S/C7H13F2NO/c1-5-3-10-4-7(2,11-5)6(8)9/h5-6,10H,3-4H2,1-2H3. The van der Waals surface area contributed by atoms with Crippen molar-refractivity contribution in [3.05, 3.63) is 0 Å². The number of ether oxygens (including phenoxy) is 1. The summed E-state index contributed by atoms with van der Waals surface area (Å²) in [7, 11) is 0. The molecule has 0 radical (unpaired) electrons. The largest absolute Gasteiger partial charge is 0.364 e. The van der Waals surface area contributed by atoms with Gasteiger partial charge in [-0.15, -0.1) is 0 Å². The maximum Gasteiger partial charge on any atom is 0.268 e. The third-order valence-corrected chi connectivity index (χ3v) is 1.84. The number of morpholine rings is 1. The fourth-order valence-electron chi connectivity index (χ4n) is 1.20. The van der Waals surface area contributed by atoms with E-state index in [0.717, 1.165) is 0 Å². The van der Waals surface area contributed by atoms with E-state index < -0.39 is 12.0 Å². The summed E-state index contributed by atoms with van der Waals surface area (Å²) < 4.78 is 29.7. The van der Waals surface area contributed by atoms with Gasteiger partial charge >= 0.3 is 0 Å². The van der Waals surface area contributed by atoms with Crippen molar-refractivity contribution in [1.29, 1.82) is 0 Å². The van der Waals surface area contributed by atoms with E-state index in [4.69, 9.17) is 4.74 Å². The van der Waals surface area contributed by atoms with E-state index in [1.165, 1.54) is 6.92 Å².